The molecule has 1 saturated heterocycles. The molecule has 1 aliphatic rings. The maximum Gasteiger partial charge on any atom is 0.187 e. The molecule has 12 heteroatoms. The van der Waals surface area contributed by atoms with Crippen molar-refractivity contribution in [1.29, 1.82) is 0 Å². The summed E-state index contributed by atoms with van der Waals surface area (Å²) in [5, 5.41) is 31.1. The number of aliphatic hydroxyl groups excluding tert-OH is 3. The van der Waals surface area contributed by atoms with E-state index in [2.05, 4.69) is 0 Å². The van der Waals surface area contributed by atoms with E-state index in [0.717, 1.165) is 0 Å². The van der Waals surface area contributed by atoms with Crippen LogP contribution in [0.15, 0.2) is 0 Å². The van der Waals surface area contributed by atoms with Gasteiger partial charge in [0.1, 0.15) is 24.4 Å². The van der Waals surface area contributed by atoms with Crippen LogP contribution in [0.4, 0.5) is 0 Å². The van der Waals surface area contributed by atoms with E-state index in [1.807, 2.05) is 6.92 Å². The van der Waals surface area contributed by atoms with Gasteiger partial charge in [-0.05, 0) is 6.92 Å². The average molecular weight is 1080 g/mol. The van der Waals surface area contributed by atoms with Gasteiger partial charge in [0.05, 0.1) is 31.5 Å². The van der Waals surface area contributed by atoms with Gasteiger partial charge in [-0.25, -0.2) is 0 Å². The smallest absolute Gasteiger partial charge is 0.187 e. The first-order valence-corrected chi connectivity index (χ1v) is 9.10. The number of methoxy groups -OCH3 is 4. The molecular weight excluding hydrogens is 1040 g/mol. The Kier molecular flexibility index (Phi) is 25.8. The first-order chi connectivity index (χ1) is 12.7. The maximum absolute atomic E-state index is 10.5. The SMILES string of the molecule is COCC1O[C@@H](O[C@@](C)(COC)CC(O)[C@H](C)COC)C(OC)C(O)[C@H]1O.[Ac].[Ac].[Ac]. The fourth-order valence-corrected chi connectivity index (χ4v) is 3.30. The van der Waals surface area contributed by atoms with Crippen LogP contribution in [0, 0.1) is 138 Å². The van der Waals surface area contributed by atoms with Gasteiger partial charge in [-0.1, -0.05) is 6.92 Å². The molecule has 0 aromatic rings. The largest absolute Gasteiger partial charge is 0.393 e. The summed E-state index contributed by atoms with van der Waals surface area (Å²) in [6.07, 6.45) is -5.47. The molecule has 0 bridgehead atoms. The van der Waals surface area contributed by atoms with E-state index in [1.165, 1.54) is 21.3 Å². The van der Waals surface area contributed by atoms with Gasteiger partial charge in [-0.3, -0.25) is 0 Å². The predicted octanol–water partition coefficient (Wildman–Crippen LogP) is -0.450. The van der Waals surface area contributed by atoms with Crippen LogP contribution in [0.5, 0.6) is 0 Å². The molecule has 30 heavy (non-hydrogen) atoms. The molecule has 0 aliphatic carbocycles. The molecule has 171 valence electrons. The molecule has 0 amide bonds. The van der Waals surface area contributed by atoms with Gasteiger partial charge in [0.2, 0.25) is 0 Å². The zero-order chi connectivity index (χ0) is 20.6. The molecule has 4 unspecified atom stereocenters. The monoisotopic (exact) mass is 1080 g/mol. The molecule has 1 fully saturated rings. The maximum atomic E-state index is 10.5. The van der Waals surface area contributed by atoms with E-state index < -0.39 is 42.4 Å². The summed E-state index contributed by atoms with van der Waals surface area (Å²) >= 11 is 0. The second kappa shape index (κ2) is 20.1. The summed E-state index contributed by atoms with van der Waals surface area (Å²) in [7, 11) is 5.99. The molecule has 8 atom stereocenters. The van der Waals surface area contributed by atoms with Crippen LogP contribution in [0.25, 0.3) is 0 Å². The third-order valence-corrected chi connectivity index (χ3v) is 4.83. The Hall–Kier alpha value is 3.96. The van der Waals surface area contributed by atoms with E-state index in [-0.39, 0.29) is 158 Å². The minimum atomic E-state index is -1.21. The van der Waals surface area contributed by atoms with Crippen LogP contribution >= 0.6 is 0 Å². The van der Waals surface area contributed by atoms with Crippen LogP contribution in [-0.4, -0.2) is 106 Å². The Morgan fingerprint density at radius 3 is 2.03 bits per heavy atom. The molecule has 3 N–H and O–H groups in total. The van der Waals surface area contributed by atoms with E-state index in [1.54, 1.807) is 14.0 Å². The molecule has 1 heterocycles. The van der Waals surface area contributed by atoms with Crippen molar-refractivity contribution in [2.45, 2.75) is 62.7 Å². The van der Waals surface area contributed by atoms with E-state index in [9.17, 15) is 15.3 Å². The van der Waals surface area contributed by atoms with E-state index in [4.69, 9.17) is 28.4 Å². The van der Waals surface area contributed by atoms with E-state index in [0.29, 0.717) is 6.61 Å². The summed E-state index contributed by atoms with van der Waals surface area (Å²) in [5.74, 6) is -0.103. The van der Waals surface area contributed by atoms with Gasteiger partial charge in [0.15, 0.2) is 6.29 Å². The third-order valence-electron chi connectivity index (χ3n) is 4.83. The van der Waals surface area contributed by atoms with Crippen LogP contribution in [0.3, 0.4) is 0 Å². The van der Waals surface area contributed by atoms with Crippen molar-refractivity contribution in [2.75, 3.05) is 48.3 Å². The molecule has 0 saturated carbocycles. The molecular formula is C18H36Ac3O9. The Morgan fingerprint density at radius 1 is 0.967 bits per heavy atom. The standard InChI is InChI=1S/C18H36O9.3Ac/c1-11(8-22-3)12(19)7-18(2,10-24-5)27-17-16(25-6)15(21)14(20)13(26-17)9-23-4;;;/h11-17,19-21H,7-10H2,1-6H3;;;/t11-,12?,13?,14+,15?,16?,17+,18-;;;/m1.../s1. The van der Waals surface area contributed by atoms with Crippen molar-refractivity contribution < 1.29 is 176 Å². The van der Waals surface area contributed by atoms with Gasteiger partial charge < -0.3 is 43.7 Å². The quantitative estimate of drug-likeness (QED) is 0.240. The van der Waals surface area contributed by atoms with Crippen molar-refractivity contribution in [2.24, 2.45) is 5.92 Å². The number of ether oxygens (including phenoxy) is 6. The second-order valence-electron chi connectivity index (χ2n) is 7.38. The Labute approximate surface area is 287 Å². The van der Waals surface area contributed by atoms with Gasteiger partial charge in [0, 0.05) is 173 Å². The van der Waals surface area contributed by atoms with Crippen molar-refractivity contribution in [3.05, 3.63) is 0 Å². The number of hydrogen-bond acceptors (Lipinski definition) is 9. The minimum Gasteiger partial charge on any atom is -0.393 e. The summed E-state index contributed by atoms with van der Waals surface area (Å²) in [6.45, 7) is 4.35. The Balaban J connectivity index is -0.00000243. The number of aliphatic hydroxyl groups is 3. The Morgan fingerprint density at radius 2 is 1.57 bits per heavy atom. The minimum absolute atomic E-state index is 0. The molecule has 0 aromatic carbocycles. The normalized spacial score (nSPS) is 30.1. The van der Waals surface area contributed by atoms with Gasteiger partial charge in [-0.2, -0.15) is 0 Å². The summed E-state index contributed by atoms with van der Waals surface area (Å²) < 4.78 is 32.6. The van der Waals surface area contributed by atoms with Crippen molar-refractivity contribution >= 4 is 0 Å². The van der Waals surface area contributed by atoms with Crippen LogP contribution in [0.1, 0.15) is 20.3 Å². The fourth-order valence-electron chi connectivity index (χ4n) is 3.30. The molecule has 3 radical (unpaired) electrons. The zero-order valence-electron chi connectivity index (χ0n) is 18.9. The Bertz CT molecular complexity index is 422. The zero-order valence-corrected chi connectivity index (χ0v) is 33.1. The predicted molar refractivity (Wildman–Crippen MR) is 96.4 cm³/mol. The number of rotatable bonds is 12. The van der Waals surface area contributed by atoms with Crippen molar-refractivity contribution in [3.8, 4) is 0 Å². The molecule has 0 spiro atoms. The first-order valence-electron chi connectivity index (χ1n) is 9.10. The van der Waals surface area contributed by atoms with Crippen LogP contribution < -0.4 is 0 Å². The average Bonchev–Trinajstić information content (AvgIpc) is 2.60. The molecule has 1 rings (SSSR count). The molecule has 9 nitrogen and oxygen atoms in total. The third kappa shape index (κ3) is 12.3. The van der Waals surface area contributed by atoms with Gasteiger partial charge >= 0.3 is 0 Å². The van der Waals surface area contributed by atoms with Crippen molar-refractivity contribution in [3.63, 3.8) is 0 Å². The molecule has 1 aliphatic heterocycles. The number of hydrogen-bond donors (Lipinski definition) is 3. The summed E-state index contributed by atoms with van der Waals surface area (Å²) in [4.78, 5) is 0. The topological polar surface area (TPSA) is 116 Å². The van der Waals surface area contributed by atoms with E-state index >= 15 is 0 Å². The fraction of sp³-hybridized carbons (Fsp3) is 1.00. The summed E-state index contributed by atoms with van der Waals surface area (Å²) in [5.41, 5.74) is -0.919. The van der Waals surface area contributed by atoms with Gasteiger partial charge in [-0.15, -0.1) is 0 Å². The second-order valence-corrected chi connectivity index (χ2v) is 7.38. The summed E-state index contributed by atoms with van der Waals surface area (Å²) in [6, 6.07) is 0. The first kappa shape index (κ1) is 38.5. The van der Waals surface area contributed by atoms with Gasteiger partial charge in [0.25, 0.3) is 0 Å². The van der Waals surface area contributed by atoms with Crippen LogP contribution in [-0.2, 0) is 28.4 Å². The van der Waals surface area contributed by atoms with Crippen LogP contribution in [0.2, 0.25) is 0 Å². The molecule has 0 aromatic heterocycles. The van der Waals surface area contributed by atoms with Crippen molar-refractivity contribution in [1.82, 2.24) is 0 Å².